The molecule has 0 unspecified atom stereocenters. The number of hydrogen-bond donors (Lipinski definition) is 1. The molecule has 0 fully saturated rings. The van der Waals surface area contributed by atoms with Gasteiger partial charge in [0.25, 0.3) is 0 Å². The smallest absolute Gasteiger partial charge is 0.240 e. The molecule has 0 bridgehead atoms. The number of carbonyl (C=O) groups excluding carboxylic acids is 1. The van der Waals surface area contributed by atoms with Gasteiger partial charge < -0.3 is 9.80 Å². The minimum atomic E-state index is -3.58. The van der Waals surface area contributed by atoms with Crippen LogP contribution < -0.4 is 9.62 Å². The molecule has 0 spiro atoms. The molecule has 128 valence electrons. The van der Waals surface area contributed by atoms with Crippen molar-refractivity contribution in [2.75, 3.05) is 32.1 Å². The Morgan fingerprint density at radius 3 is 2.70 bits per heavy atom. The standard InChI is InChI=1S/C16H25N3O3S/c1-12(7-9-18(3)4)17-23(21,22)15-6-5-14-8-10-19(13(2)20)16(14)11-15/h5-6,11-12,17H,7-10H2,1-4H3/t12-/m1/s1. The summed E-state index contributed by atoms with van der Waals surface area (Å²) >= 11 is 0. The molecule has 1 aliphatic rings. The van der Waals surface area contributed by atoms with Crippen LogP contribution in [0, 0.1) is 0 Å². The second-order valence-electron chi connectivity index (χ2n) is 6.33. The van der Waals surface area contributed by atoms with E-state index in [9.17, 15) is 13.2 Å². The normalized spacial score (nSPS) is 15.8. The number of rotatable bonds is 6. The van der Waals surface area contributed by atoms with Crippen LogP contribution in [0.1, 0.15) is 25.8 Å². The van der Waals surface area contributed by atoms with Crippen LogP contribution in [-0.4, -0.2) is 52.5 Å². The zero-order valence-corrected chi connectivity index (χ0v) is 15.0. The minimum Gasteiger partial charge on any atom is -0.312 e. The molecule has 1 N–H and O–H groups in total. The summed E-state index contributed by atoms with van der Waals surface area (Å²) < 4.78 is 27.8. The summed E-state index contributed by atoms with van der Waals surface area (Å²) in [6.07, 6.45) is 1.50. The zero-order chi connectivity index (χ0) is 17.2. The molecule has 0 aliphatic carbocycles. The van der Waals surface area contributed by atoms with Crippen molar-refractivity contribution in [2.24, 2.45) is 0 Å². The first kappa shape index (κ1) is 17.9. The van der Waals surface area contributed by atoms with Gasteiger partial charge in [0.15, 0.2) is 0 Å². The Morgan fingerprint density at radius 1 is 1.39 bits per heavy atom. The minimum absolute atomic E-state index is 0.0643. The molecule has 1 aromatic rings. The topological polar surface area (TPSA) is 69.7 Å². The van der Waals surface area contributed by atoms with E-state index < -0.39 is 10.0 Å². The van der Waals surface area contributed by atoms with Gasteiger partial charge in [0.1, 0.15) is 0 Å². The quantitative estimate of drug-likeness (QED) is 0.846. The number of sulfonamides is 1. The summed E-state index contributed by atoms with van der Waals surface area (Å²) in [6.45, 7) is 4.78. The molecule has 23 heavy (non-hydrogen) atoms. The van der Waals surface area contributed by atoms with Crippen molar-refractivity contribution in [2.45, 2.75) is 37.6 Å². The van der Waals surface area contributed by atoms with Crippen molar-refractivity contribution in [1.29, 1.82) is 0 Å². The predicted molar refractivity (Wildman–Crippen MR) is 91.1 cm³/mol. The monoisotopic (exact) mass is 339 g/mol. The van der Waals surface area contributed by atoms with Crippen molar-refractivity contribution in [3.05, 3.63) is 23.8 Å². The molecular formula is C16H25N3O3S. The van der Waals surface area contributed by atoms with E-state index in [1.54, 1.807) is 23.1 Å². The molecule has 7 heteroatoms. The van der Waals surface area contributed by atoms with E-state index in [0.717, 1.165) is 24.9 Å². The van der Waals surface area contributed by atoms with Gasteiger partial charge >= 0.3 is 0 Å². The average Bonchev–Trinajstić information content (AvgIpc) is 2.87. The Labute approximate surface area is 138 Å². The van der Waals surface area contributed by atoms with E-state index in [1.165, 1.54) is 6.92 Å². The van der Waals surface area contributed by atoms with Crippen molar-refractivity contribution in [3.63, 3.8) is 0 Å². The first-order chi connectivity index (χ1) is 10.7. The maximum absolute atomic E-state index is 12.5. The van der Waals surface area contributed by atoms with Crippen molar-refractivity contribution in [1.82, 2.24) is 9.62 Å². The predicted octanol–water partition coefficient (Wildman–Crippen LogP) is 1.21. The number of nitrogens with zero attached hydrogens (tertiary/aromatic N) is 2. The Bertz CT molecular complexity index is 686. The zero-order valence-electron chi connectivity index (χ0n) is 14.2. The molecule has 0 saturated heterocycles. The molecule has 0 aromatic heterocycles. The van der Waals surface area contributed by atoms with Crippen molar-refractivity contribution in [3.8, 4) is 0 Å². The Hall–Kier alpha value is -1.44. The Kier molecular flexibility index (Phi) is 5.44. The van der Waals surface area contributed by atoms with Gasteiger partial charge in [0, 0.05) is 25.2 Å². The van der Waals surface area contributed by atoms with Gasteiger partial charge in [0.2, 0.25) is 15.9 Å². The van der Waals surface area contributed by atoms with Crippen LogP contribution in [-0.2, 0) is 21.2 Å². The maximum atomic E-state index is 12.5. The third-order valence-electron chi connectivity index (χ3n) is 4.01. The molecule has 1 amide bonds. The van der Waals surface area contributed by atoms with Gasteiger partial charge in [-0.1, -0.05) is 6.07 Å². The third-order valence-corrected chi connectivity index (χ3v) is 5.60. The first-order valence-electron chi connectivity index (χ1n) is 7.79. The highest BCUT2D eigenvalue weighted by atomic mass is 32.2. The van der Waals surface area contributed by atoms with E-state index in [2.05, 4.69) is 4.72 Å². The van der Waals surface area contributed by atoms with Crippen LogP contribution >= 0.6 is 0 Å². The van der Waals surface area contributed by atoms with E-state index in [4.69, 9.17) is 0 Å². The van der Waals surface area contributed by atoms with Gasteiger partial charge in [0.05, 0.1) is 4.90 Å². The van der Waals surface area contributed by atoms with Crippen LogP contribution in [0.25, 0.3) is 0 Å². The first-order valence-corrected chi connectivity index (χ1v) is 9.27. The lowest BCUT2D eigenvalue weighted by molar-refractivity contribution is -0.116. The second-order valence-corrected chi connectivity index (χ2v) is 8.04. The summed E-state index contributed by atoms with van der Waals surface area (Å²) in [5.41, 5.74) is 1.72. The lowest BCUT2D eigenvalue weighted by atomic mass is 10.2. The van der Waals surface area contributed by atoms with Crippen LogP contribution in [0.3, 0.4) is 0 Å². The van der Waals surface area contributed by atoms with Gasteiger partial charge in [-0.25, -0.2) is 13.1 Å². The maximum Gasteiger partial charge on any atom is 0.240 e. The van der Waals surface area contributed by atoms with Gasteiger partial charge in [-0.2, -0.15) is 0 Å². The van der Waals surface area contributed by atoms with E-state index >= 15 is 0 Å². The summed E-state index contributed by atoms with van der Waals surface area (Å²) in [5.74, 6) is -0.0643. The van der Waals surface area contributed by atoms with E-state index in [-0.39, 0.29) is 16.8 Å². The summed E-state index contributed by atoms with van der Waals surface area (Å²) in [5, 5.41) is 0. The lowest BCUT2D eigenvalue weighted by Gasteiger charge is -2.18. The molecule has 1 aromatic carbocycles. The molecule has 0 radical (unpaired) electrons. The Morgan fingerprint density at radius 2 is 2.09 bits per heavy atom. The fourth-order valence-corrected chi connectivity index (χ4v) is 3.99. The van der Waals surface area contributed by atoms with Crippen LogP contribution in [0.15, 0.2) is 23.1 Å². The second kappa shape index (κ2) is 6.98. The van der Waals surface area contributed by atoms with Crippen LogP contribution in [0.4, 0.5) is 5.69 Å². The number of carbonyl (C=O) groups is 1. The number of fused-ring (bicyclic) bond motifs is 1. The third kappa shape index (κ3) is 4.31. The van der Waals surface area contributed by atoms with Gasteiger partial charge in [-0.3, -0.25) is 4.79 Å². The SMILES string of the molecule is CC(=O)N1CCc2ccc(S(=O)(=O)N[C@H](C)CCN(C)C)cc21. The number of nitrogens with one attached hydrogen (secondary N) is 1. The van der Waals surface area contributed by atoms with Crippen LogP contribution in [0.5, 0.6) is 0 Å². The summed E-state index contributed by atoms with van der Waals surface area (Å²) in [4.78, 5) is 15.5. The van der Waals surface area contributed by atoms with E-state index in [1.807, 2.05) is 25.9 Å². The molecule has 1 atom stereocenters. The molecule has 2 rings (SSSR count). The fraction of sp³-hybridized carbons (Fsp3) is 0.562. The molecule has 1 heterocycles. The number of anilines is 1. The highest BCUT2D eigenvalue weighted by Gasteiger charge is 2.25. The van der Waals surface area contributed by atoms with Gasteiger partial charge in [-0.15, -0.1) is 0 Å². The Balaban J connectivity index is 2.18. The number of hydrogen-bond acceptors (Lipinski definition) is 4. The highest BCUT2D eigenvalue weighted by Crippen LogP contribution is 2.30. The number of amides is 1. The van der Waals surface area contributed by atoms with Crippen molar-refractivity contribution < 1.29 is 13.2 Å². The van der Waals surface area contributed by atoms with Crippen molar-refractivity contribution >= 4 is 21.6 Å². The average molecular weight is 339 g/mol. The summed E-state index contributed by atoms with van der Waals surface area (Å²) in [6, 6.07) is 4.87. The fourth-order valence-electron chi connectivity index (χ4n) is 2.70. The molecule has 6 nitrogen and oxygen atoms in total. The largest absolute Gasteiger partial charge is 0.312 e. The molecule has 0 saturated carbocycles. The van der Waals surface area contributed by atoms with Crippen LogP contribution in [0.2, 0.25) is 0 Å². The molecule has 1 aliphatic heterocycles. The lowest BCUT2D eigenvalue weighted by Crippen LogP contribution is -2.35. The molecular weight excluding hydrogens is 314 g/mol. The van der Waals surface area contributed by atoms with E-state index in [0.29, 0.717) is 12.2 Å². The number of benzene rings is 1. The van der Waals surface area contributed by atoms with Gasteiger partial charge in [-0.05, 0) is 58.1 Å². The highest BCUT2D eigenvalue weighted by molar-refractivity contribution is 7.89. The summed E-state index contributed by atoms with van der Waals surface area (Å²) in [7, 11) is 0.328.